The molecule has 0 bridgehead atoms. The number of carbonyl (C=O) groups is 1. The van der Waals surface area contributed by atoms with Crippen LogP contribution in [0.1, 0.15) is 17.3 Å². The molecule has 0 aliphatic carbocycles. The average Bonchev–Trinajstić information content (AvgIpc) is 2.27. The number of carbonyl (C=O) groups excluding carboxylic acids is 1. The highest BCUT2D eigenvalue weighted by Gasteiger charge is 2.03. The van der Waals surface area contributed by atoms with Gasteiger partial charge in [-0.3, -0.25) is 4.79 Å². The largest absolute Gasteiger partial charge is 0.494 e. The summed E-state index contributed by atoms with van der Waals surface area (Å²) in [6, 6.07) is 7.05. The second-order valence-corrected chi connectivity index (χ2v) is 2.96. The molecule has 0 saturated heterocycles. The quantitative estimate of drug-likeness (QED) is 0.747. The van der Waals surface area contributed by atoms with E-state index in [1.807, 2.05) is 6.92 Å². The molecule has 0 aliphatic rings. The summed E-state index contributed by atoms with van der Waals surface area (Å²) in [5.41, 5.74) is 0.625. The molecule has 1 aromatic carbocycles. The Morgan fingerprint density at radius 1 is 1.47 bits per heavy atom. The van der Waals surface area contributed by atoms with Crippen molar-refractivity contribution < 1.29 is 9.53 Å². The van der Waals surface area contributed by atoms with E-state index in [2.05, 4.69) is 11.9 Å². The van der Waals surface area contributed by atoms with Crippen LogP contribution in [0.4, 0.5) is 0 Å². The van der Waals surface area contributed by atoms with Gasteiger partial charge in [-0.15, -0.1) is 6.58 Å². The molecule has 0 saturated carbocycles. The van der Waals surface area contributed by atoms with Gasteiger partial charge in [-0.05, 0) is 31.2 Å². The number of hydrogen-bond acceptors (Lipinski definition) is 2. The van der Waals surface area contributed by atoms with Crippen molar-refractivity contribution >= 4 is 5.91 Å². The molecule has 0 atom stereocenters. The molecule has 0 spiro atoms. The molecular weight excluding hydrogens is 190 g/mol. The monoisotopic (exact) mass is 205 g/mol. The van der Waals surface area contributed by atoms with E-state index < -0.39 is 0 Å². The smallest absolute Gasteiger partial charge is 0.251 e. The zero-order valence-corrected chi connectivity index (χ0v) is 8.82. The molecule has 0 unspecified atom stereocenters. The summed E-state index contributed by atoms with van der Waals surface area (Å²) in [5, 5.41) is 2.70. The molecule has 0 aliphatic heterocycles. The SMILES string of the molecule is C=CCNC(=O)c1ccc(OCC)cc1. The minimum absolute atomic E-state index is 0.0991. The number of benzene rings is 1. The number of ether oxygens (including phenoxy) is 1. The van der Waals surface area contributed by atoms with Gasteiger partial charge in [0.1, 0.15) is 5.75 Å². The number of hydrogen-bond donors (Lipinski definition) is 1. The molecule has 0 radical (unpaired) electrons. The maximum atomic E-state index is 11.5. The minimum Gasteiger partial charge on any atom is -0.494 e. The maximum Gasteiger partial charge on any atom is 0.251 e. The lowest BCUT2D eigenvalue weighted by molar-refractivity contribution is 0.0958. The molecule has 3 heteroatoms. The third kappa shape index (κ3) is 3.46. The predicted octanol–water partition coefficient (Wildman–Crippen LogP) is 2.00. The summed E-state index contributed by atoms with van der Waals surface area (Å²) in [6.07, 6.45) is 1.65. The second-order valence-electron chi connectivity index (χ2n) is 2.96. The normalized spacial score (nSPS) is 9.40. The van der Waals surface area contributed by atoms with Crippen LogP contribution in [0.25, 0.3) is 0 Å². The topological polar surface area (TPSA) is 38.3 Å². The van der Waals surface area contributed by atoms with Gasteiger partial charge in [-0.2, -0.15) is 0 Å². The molecule has 0 fully saturated rings. The van der Waals surface area contributed by atoms with Crippen molar-refractivity contribution in [3.8, 4) is 5.75 Å². The third-order valence-corrected chi connectivity index (χ3v) is 1.83. The van der Waals surface area contributed by atoms with E-state index in [0.717, 1.165) is 5.75 Å². The highest BCUT2D eigenvalue weighted by Crippen LogP contribution is 2.11. The van der Waals surface area contributed by atoms with Crippen molar-refractivity contribution in [3.63, 3.8) is 0 Å². The Hall–Kier alpha value is -1.77. The van der Waals surface area contributed by atoms with Gasteiger partial charge in [0.15, 0.2) is 0 Å². The average molecular weight is 205 g/mol. The zero-order valence-electron chi connectivity index (χ0n) is 8.82. The van der Waals surface area contributed by atoms with E-state index >= 15 is 0 Å². The summed E-state index contributed by atoms with van der Waals surface area (Å²) in [6.45, 7) is 6.56. The molecule has 0 heterocycles. The number of rotatable bonds is 5. The van der Waals surface area contributed by atoms with Crippen LogP contribution in [-0.2, 0) is 0 Å². The highest BCUT2D eigenvalue weighted by atomic mass is 16.5. The lowest BCUT2D eigenvalue weighted by Gasteiger charge is -2.04. The van der Waals surface area contributed by atoms with Crippen LogP contribution in [0, 0.1) is 0 Å². The molecule has 80 valence electrons. The summed E-state index contributed by atoms with van der Waals surface area (Å²) < 4.78 is 5.27. The van der Waals surface area contributed by atoms with Crippen LogP contribution < -0.4 is 10.1 Å². The molecule has 15 heavy (non-hydrogen) atoms. The Kier molecular flexibility index (Phi) is 4.41. The predicted molar refractivity (Wildman–Crippen MR) is 60.1 cm³/mol. The van der Waals surface area contributed by atoms with Crippen molar-refractivity contribution in [3.05, 3.63) is 42.5 Å². The van der Waals surface area contributed by atoms with E-state index in [4.69, 9.17) is 4.74 Å². The van der Waals surface area contributed by atoms with E-state index in [1.54, 1.807) is 30.3 Å². The third-order valence-electron chi connectivity index (χ3n) is 1.83. The highest BCUT2D eigenvalue weighted by molar-refractivity contribution is 5.94. The maximum absolute atomic E-state index is 11.5. The molecule has 3 nitrogen and oxygen atoms in total. The van der Waals surface area contributed by atoms with Crippen LogP contribution in [0.2, 0.25) is 0 Å². The van der Waals surface area contributed by atoms with E-state index in [-0.39, 0.29) is 5.91 Å². The van der Waals surface area contributed by atoms with Crippen molar-refractivity contribution in [2.75, 3.05) is 13.2 Å². The molecule has 1 N–H and O–H groups in total. The van der Waals surface area contributed by atoms with Crippen molar-refractivity contribution in [1.29, 1.82) is 0 Å². The lowest BCUT2D eigenvalue weighted by atomic mass is 10.2. The first-order valence-electron chi connectivity index (χ1n) is 4.90. The molecule has 1 aromatic rings. The molecular formula is C12H15NO2. The molecule has 0 aromatic heterocycles. The summed E-state index contributed by atoms with van der Waals surface area (Å²) in [5.74, 6) is 0.677. The fourth-order valence-electron chi connectivity index (χ4n) is 1.14. The Bertz CT molecular complexity index is 330. The van der Waals surface area contributed by atoms with E-state index in [0.29, 0.717) is 18.7 Å². The van der Waals surface area contributed by atoms with Crippen LogP contribution in [-0.4, -0.2) is 19.1 Å². The Morgan fingerprint density at radius 2 is 2.13 bits per heavy atom. The first kappa shape index (κ1) is 11.3. The van der Waals surface area contributed by atoms with E-state index in [9.17, 15) is 4.79 Å². The molecule has 1 rings (SSSR count). The molecule has 1 amide bonds. The standard InChI is InChI=1S/C12H15NO2/c1-3-9-13-12(14)10-5-7-11(8-6-10)15-4-2/h3,5-8H,1,4,9H2,2H3,(H,13,14). The van der Waals surface area contributed by atoms with Gasteiger partial charge in [0.2, 0.25) is 0 Å². The van der Waals surface area contributed by atoms with Gasteiger partial charge in [0.05, 0.1) is 6.61 Å². The zero-order chi connectivity index (χ0) is 11.1. The van der Waals surface area contributed by atoms with Gasteiger partial charge in [-0.25, -0.2) is 0 Å². The Labute approximate surface area is 89.8 Å². The van der Waals surface area contributed by atoms with Crippen molar-refractivity contribution in [2.24, 2.45) is 0 Å². The van der Waals surface area contributed by atoms with Crippen LogP contribution >= 0.6 is 0 Å². The number of nitrogens with one attached hydrogen (secondary N) is 1. The van der Waals surface area contributed by atoms with E-state index in [1.165, 1.54) is 0 Å². The fourth-order valence-corrected chi connectivity index (χ4v) is 1.14. The Balaban J connectivity index is 2.62. The first-order chi connectivity index (χ1) is 7.27. The van der Waals surface area contributed by atoms with Gasteiger partial charge in [-0.1, -0.05) is 6.08 Å². The first-order valence-corrected chi connectivity index (χ1v) is 4.90. The van der Waals surface area contributed by atoms with Gasteiger partial charge in [0, 0.05) is 12.1 Å². The Morgan fingerprint density at radius 3 is 2.67 bits per heavy atom. The van der Waals surface area contributed by atoms with Crippen molar-refractivity contribution in [1.82, 2.24) is 5.32 Å². The van der Waals surface area contributed by atoms with Gasteiger partial charge in [0.25, 0.3) is 5.91 Å². The summed E-state index contributed by atoms with van der Waals surface area (Å²) in [4.78, 5) is 11.5. The lowest BCUT2D eigenvalue weighted by Crippen LogP contribution is -2.22. The fraction of sp³-hybridized carbons (Fsp3) is 0.250. The minimum atomic E-state index is -0.0991. The number of amides is 1. The van der Waals surface area contributed by atoms with Crippen molar-refractivity contribution in [2.45, 2.75) is 6.92 Å². The summed E-state index contributed by atoms with van der Waals surface area (Å²) in [7, 11) is 0. The van der Waals surface area contributed by atoms with Crippen LogP contribution in [0.15, 0.2) is 36.9 Å². The van der Waals surface area contributed by atoms with Gasteiger partial charge >= 0.3 is 0 Å². The van der Waals surface area contributed by atoms with Gasteiger partial charge < -0.3 is 10.1 Å². The van der Waals surface area contributed by atoms with Crippen LogP contribution in [0.5, 0.6) is 5.75 Å². The summed E-state index contributed by atoms with van der Waals surface area (Å²) >= 11 is 0. The second kappa shape index (κ2) is 5.86. The van der Waals surface area contributed by atoms with Crippen LogP contribution in [0.3, 0.4) is 0 Å².